The second-order valence-electron chi connectivity index (χ2n) is 6.66. The van der Waals surface area contributed by atoms with Gasteiger partial charge in [0.25, 0.3) is 0 Å². The van der Waals surface area contributed by atoms with Crippen LogP contribution in [0.25, 0.3) is 0 Å². The van der Waals surface area contributed by atoms with E-state index in [2.05, 4.69) is 65.8 Å². The zero-order valence-corrected chi connectivity index (χ0v) is 14.6. The fourth-order valence-corrected chi connectivity index (χ4v) is 2.03. The monoisotopic (exact) mass is 292 g/mol. The zero-order chi connectivity index (χ0) is 15.8. The summed E-state index contributed by atoms with van der Waals surface area (Å²) in [6.45, 7) is 13.9. The largest absolute Gasteiger partial charge is 0.465 e. The second kappa shape index (κ2) is 9.09. The van der Waals surface area contributed by atoms with Crippen LogP contribution in [-0.4, -0.2) is 12.9 Å². The lowest BCUT2D eigenvalue weighted by Crippen LogP contribution is -2.27. The van der Waals surface area contributed by atoms with Crippen molar-refractivity contribution in [1.29, 1.82) is 0 Å². The molecule has 0 aliphatic heterocycles. The summed E-state index contributed by atoms with van der Waals surface area (Å²) in [5.74, 6) is 2.49. The van der Waals surface area contributed by atoms with Crippen LogP contribution >= 0.6 is 0 Å². The van der Waals surface area contributed by atoms with Crippen LogP contribution in [0.1, 0.15) is 65.9 Å². The highest BCUT2D eigenvalue weighted by Gasteiger charge is 2.16. The standard InChI is InChI=1S/C19H32O2/c1-7-16(6)17-8-10-18(11-9-17)21-19(15(4)5)20-13-12-14(2)3/h8-11,14-16,19H,7,12-13H2,1-6H3. The molecule has 0 heterocycles. The molecule has 0 spiro atoms. The van der Waals surface area contributed by atoms with Crippen LogP contribution in [0.3, 0.4) is 0 Å². The smallest absolute Gasteiger partial charge is 0.202 e. The third-order valence-corrected chi connectivity index (χ3v) is 3.84. The van der Waals surface area contributed by atoms with E-state index < -0.39 is 0 Å². The van der Waals surface area contributed by atoms with Gasteiger partial charge in [-0.15, -0.1) is 0 Å². The maximum absolute atomic E-state index is 6.00. The van der Waals surface area contributed by atoms with Crippen LogP contribution in [0.5, 0.6) is 5.75 Å². The highest BCUT2D eigenvalue weighted by Crippen LogP contribution is 2.23. The van der Waals surface area contributed by atoms with Crippen molar-refractivity contribution in [2.45, 2.75) is 66.6 Å². The molecule has 1 rings (SSSR count). The Labute approximate surface area is 130 Å². The molecule has 120 valence electrons. The summed E-state index contributed by atoms with van der Waals surface area (Å²) in [6.07, 6.45) is 2.06. The highest BCUT2D eigenvalue weighted by atomic mass is 16.7. The minimum atomic E-state index is -0.168. The number of ether oxygens (including phenoxy) is 2. The maximum atomic E-state index is 6.00. The number of hydrogen-bond donors (Lipinski definition) is 0. The minimum Gasteiger partial charge on any atom is -0.465 e. The van der Waals surface area contributed by atoms with Crippen LogP contribution in [0.2, 0.25) is 0 Å². The SMILES string of the molecule is CCC(C)c1ccc(OC(OCCC(C)C)C(C)C)cc1. The average molecular weight is 292 g/mol. The van der Waals surface area contributed by atoms with E-state index in [4.69, 9.17) is 9.47 Å². The topological polar surface area (TPSA) is 18.5 Å². The van der Waals surface area contributed by atoms with E-state index in [1.54, 1.807) is 0 Å². The van der Waals surface area contributed by atoms with E-state index in [-0.39, 0.29) is 6.29 Å². The van der Waals surface area contributed by atoms with Crippen molar-refractivity contribution in [3.05, 3.63) is 29.8 Å². The molecule has 0 N–H and O–H groups in total. The molecule has 21 heavy (non-hydrogen) atoms. The van der Waals surface area contributed by atoms with Gasteiger partial charge in [0.1, 0.15) is 5.75 Å². The van der Waals surface area contributed by atoms with E-state index in [0.717, 1.165) is 25.2 Å². The second-order valence-corrected chi connectivity index (χ2v) is 6.66. The van der Waals surface area contributed by atoms with E-state index in [1.165, 1.54) is 5.56 Å². The van der Waals surface area contributed by atoms with Gasteiger partial charge in [-0.1, -0.05) is 53.7 Å². The van der Waals surface area contributed by atoms with Gasteiger partial charge in [0, 0.05) is 5.92 Å². The fraction of sp³-hybridized carbons (Fsp3) is 0.684. The summed E-state index contributed by atoms with van der Waals surface area (Å²) in [7, 11) is 0. The Bertz CT molecular complexity index is 381. The highest BCUT2D eigenvalue weighted by molar-refractivity contribution is 5.29. The first-order valence-corrected chi connectivity index (χ1v) is 8.32. The Balaban J connectivity index is 2.58. The first kappa shape index (κ1) is 18.0. The van der Waals surface area contributed by atoms with Crippen molar-refractivity contribution in [1.82, 2.24) is 0 Å². The third kappa shape index (κ3) is 6.52. The summed E-state index contributed by atoms with van der Waals surface area (Å²) < 4.78 is 11.9. The van der Waals surface area contributed by atoms with Crippen LogP contribution in [0.15, 0.2) is 24.3 Å². The van der Waals surface area contributed by atoms with Crippen molar-refractivity contribution in [3.8, 4) is 5.75 Å². The molecule has 0 aliphatic carbocycles. The summed E-state index contributed by atoms with van der Waals surface area (Å²) in [5, 5.41) is 0. The number of hydrogen-bond acceptors (Lipinski definition) is 2. The predicted molar refractivity (Wildman–Crippen MR) is 89.8 cm³/mol. The van der Waals surface area contributed by atoms with Gasteiger partial charge in [-0.05, 0) is 42.4 Å². The zero-order valence-electron chi connectivity index (χ0n) is 14.6. The molecule has 0 saturated heterocycles. The van der Waals surface area contributed by atoms with E-state index in [9.17, 15) is 0 Å². The molecule has 0 saturated carbocycles. The minimum absolute atomic E-state index is 0.168. The van der Waals surface area contributed by atoms with E-state index in [1.807, 2.05) is 0 Å². The summed E-state index contributed by atoms with van der Waals surface area (Å²) in [5.41, 5.74) is 1.37. The van der Waals surface area contributed by atoms with Crippen LogP contribution in [0, 0.1) is 11.8 Å². The lowest BCUT2D eigenvalue weighted by Gasteiger charge is -2.23. The Morgan fingerprint density at radius 3 is 2.05 bits per heavy atom. The first-order valence-electron chi connectivity index (χ1n) is 8.32. The van der Waals surface area contributed by atoms with E-state index in [0.29, 0.717) is 17.8 Å². The molecule has 1 aromatic rings. The summed E-state index contributed by atoms with van der Waals surface area (Å²) in [4.78, 5) is 0. The molecule has 0 bridgehead atoms. The van der Waals surface area contributed by atoms with Gasteiger partial charge in [-0.25, -0.2) is 0 Å². The summed E-state index contributed by atoms with van der Waals surface area (Å²) >= 11 is 0. The third-order valence-electron chi connectivity index (χ3n) is 3.84. The Morgan fingerprint density at radius 2 is 1.57 bits per heavy atom. The van der Waals surface area contributed by atoms with Gasteiger partial charge < -0.3 is 9.47 Å². The van der Waals surface area contributed by atoms with E-state index >= 15 is 0 Å². The molecule has 2 unspecified atom stereocenters. The van der Waals surface area contributed by atoms with Crippen LogP contribution in [0.4, 0.5) is 0 Å². The van der Waals surface area contributed by atoms with Gasteiger partial charge in [0.05, 0.1) is 6.61 Å². The van der Waals surface area contributed by atoms with Gasteiger partial charge in [0.2, 0.25) is 6.29 Å². The molecule has 0 radical (unpaired) electrons. The van der Waals surface area contributed by atoms with Crippen molar-refractivity contribution < 1.29 is 9.47 Å². The Hall–Kier alpha value is -1.02. The van der Waals surface area contributed by atoms with Crippen LogP contribution < -0.4 is 4.74 Å². The van der Waals surface area contributed by atoms with Crippen molar-refractivity contribution in [2.24, 2.45) is 11.8 Å². The molecule has 2 heteroatoms. The van der Waals surface area contributed by atoms with Gasteiger partial charge in [-0.2, -0.15) is 0 Å². The molecule has 2 nitrogen and oxygen atoms in total. The lowest BCUT2D eigenvalue weighted by atomic mass is 9.99. The summed E-state index contributed by atoms with van der Waals surface area (Å²) in [6, 6.07) is 8.44. The normalized spacial score (nSPS) is 14.5. The molecule has 2 atom stereocenters. The molecule has 0 fully saturated rings. The molecular weight excluding hydrogens is 260 g/mol. The lowest BCUT2D eigenvalue weighted by molar-refractivity contribution is -0.110. The molecule has 1 aromatic carbocycles. The van der Waals surface area contributed by atoms with Crippen molar-refractivity contribution in [2.75, 3.05) is 6.61 Å². The van der Waals surface area contributed by atoms with Gasteiger partial charge >= 0.3 is 0 Å². The number of benzene rings is 1. The van der Waals surface area contributed by atoms with Crippen LogP contribution in [-0.2, 0) is 4.74 Å². The van der Waals surface area contributed by atoms with Gasteiger partial charge in [-0.3, -0.25) is 0 Å². The fourth-order valence-electron chi connectivity index (χ4n) is 2.03. The molecule has 0 amide bonds. The average Bonchev–Trinajstić information content (AvgIpc) is 2.45. The molecule has 0 aromatic heterocycles. The van der Waals surface area contributed by atoms with Crippen molar-refractivity contribution in [3.63, 3.8) is 0 Å². The quantitative estimate of drug-likeness (QED) is 0.550. The first-order chi connectivity index (χ1) is 9.93. The van der Waals surface area contributed by atoms with Gasteiger partial charge in [0.15, 0.2) is 0 Å². The Morgan fingerprint density at radius 1 is 0.952 bits per heavy atom. The maximum Gasteiger partial charge on any atom is 0.202 e. The molecule has 0 aliphatic rings. The van der Waals surface area contributed by atoms with Crippen molar-refractivity contribution >= 4 is 0 Å². The Kier molecular flexibility index (Phi) is 7.81. The predicted octanol–water partition coefficient (Wildman–Crippen LogP) is 5.62. The molecular formula is C19H32O2. The number of rotatable bonds is 9.